The van der Waals surface area contributed by atoms with E-state index in [2.05, 4.69) is 25.7 Å². The zero-order valence-corrected chi connectivity index (χ0v) is 13.5. The molecule has 2 aromatic heterocycles. The normalized spacial score (nSPS) is 15.1. The van der Waals surface area contributed by atoms with Gasteiger partial charge in [-0.3, -0.25) is 4.68 Å². The first-order valence-corrected chi connectivity index (χ1v) is 8.18. The van der Waals surface area contributed by atoms with Gasteiger partial charge in [-0.2, -0.15) is 15.1 Å². The van der Waals surface area contributed by atoms with Gasteiger partial charge in [0.2, 0.25) is 5.95 Å². The summed E-state index contributed by atoms with van der Waals surface area (Å²) >= 11 is 0. The van der Waals surface area contributed by atoms with Gasteiger partial charge in [0.05, 0.1) is 11.6 Å². The fourth-order valence-corrected chi connectivity index (χ4v) is 3.10. The number of rotatable bonds is 4. The summed E-state index contributed by atoms with van der Waals surface area (Å²) in [7, 11) is 1.86. The molecule has 1 fully saturated rings. The summed E-state index contributed by atoms with van der Waals surface area (Å²) in [6.45, 7) is 0. The number of aromatic nitrogens is 4. The lowest BCUT2D eigenvalue weighted by atomic mass is 10.2. The third-order valence-electron chi connectivity index (χ3n) is 4.39. The molecule has 1 saturated carbocycles. The number of hydrogen-bond acceptors (Lipinski definition) is 5. The van der Waals surface area contributed by atoms with E-state index in [9.17, 15) is 4.39 Å². The number of fused-ring (bicyclic) bond motifs is 1. The summed E-state index contributed by atoms with van der Waals surface area (Å²) in [5.41, 5.74) is 1.53. The Balaban J connectivity index is 1.70. The van der Waals surface area contributed by atoms with E-state index in [0.29, 0.717) is 17.8 Å². The first-order chi connectivity index (χ1) is 11.7. The number of anilines is 3. The number of hydrogen-bond donors (Lipinski definition) is 2. The number of benzene rings is 1. The van der Waals surface area contributed by atoms with Crippen LogP contribution in [-0.4, -0.2) is 25.8 Å². The van der Waals surface area contributed by atoms with Gasteiger partial charge in [0, 0.05) is 18.8 Å². The van der Waals surface area contributed by atoms with Gasteiger partial charge in [0.25, 0.3) is 0 Å². The van der Waals surface area contributed by atoms with Crippen molar-refractivity contribution in [1.29, 1.82) is 0 Å². The molecule has 6 nitrogen and oxygen atoms in total. The molecular formula is C17H19FN6. The minimum Gasteiger partial charge on any atom is -0.351 e. The van der Waals surface area contributed by atoms with Crippen LogP contribution in [0, 0.1) is 5.82 Å². The fraction of sp³-hybridized carbons (Fsp3) is 0.353. The molecule has 1 aliphatic carbocycles. The minimum atomic E-state index is -0.265. The number of halogens is 1. The van der Waals surface area contributed by atoms with Crippen molar-refractivity contribution >= 4 is 28.5 Å². The summed E-state index contributed by atoms with van der Waals surface area (Å²) < 4.78 is 14.8. The maximum Gasteiger partial charge on any atom is 0.226 e. The Labute approximate surface area is 139 Å². The Hall–Kier alpha value is -2.70. The van der Waals surface area contributed by atoms with Crippen molar-refractivity contribution in [2.75, 3.05) is 10.6 Å². The van der Waals surface area contributed by atoms with Crippen LogP contribution in [0.2, 0.25) is 0 Å². The van der Waals surface area contributed by atoms with Crippen molar-refractivity contribution in [1.82, 2.24) is 19.7 Å². The highest BCUT2D eigenvalue weighted by Crippen LogP contribution is 2.27. The molecule has 124 valence electrons. The third kappa shape index (κ3) is 2.89. The van der Waals surface area contributed by atoms with E-state index in [0.717, 1.165) is 29.6 Å². The standard InChI is InChI=1S/C17H19FN6/c1-24-16-14(10-19-24)15(20-13-8-6-11(18)7-9-13)22-17(23-16)21-12-4-2-3-5-12/h6-10,12H,2-5H2,1H3,(H2,20,21,22,23). The highest BCUT2D eigenvalue weighted by atomic mass is 19.1. The predicted molar refractivity (Wildman–Crippen MR) is 91.9 cm³/mol. The number of nitrogens with zero attached hydrogens (tertiary/aromatic N) is 4. The van der Waals surface area contributed by atoms with Crippen LogP contribution in [0.25, 0.3) is 11.0 Å². The van der Waals surface area contributed by atoms with Crippen LogP contribution in [-0.2, 0) is 7.05 Å². The maximum absolute atomic E-state index is 13.1. The van der Waals surface area contributed by atoms with E-state index in [-0.39, 0.29) is 5.82 Å². The van der Waals surface area contributed by atoms with Crippen LogP contribution < -0.4 is 10.6 Å². The number of aryl methyl sites for hydroxylation is 1. The lowest BCUT2D eigenvalue weighted by molar-refractivity contribution is 0.628. The van der Waals surface area contributed by atoms with Crippen molar-refractivity contribution in [2.24, 2.45) is 7.05 Å². The first kappa shape index (κ1) is 14.9. The van der Waals surface area contributed by atoms with Gasteiger partial charge in [0.1, 0.15) is 11.6 Å². The maximum atomic E-state index is 13.1. The largest absolute Gasteiger partial charge is 0.351 e. The molecule has 0 amide bonds. The first-order valence-electron chi connectivity index (χ1n) is 8.18. The van der Waals surface area contributed by atoms with Crippen LogP contribution in [0.1, 0.15) is 25.7 Å². The van der Waals surface area contributed by atoms with Gasteiger partial charge in [-0.1, -0.05) is 12.8 Å². The minimum absolute atomic E-state index is 0.265. The van der Waals surface area contributed by atoms with E-state index in [1.807, 2.05) is 7.05 Å². The molecule has 3 aromatic rings. The predicted octanol–water partition coefficient (Wildman–Crippen LogP) is 3.60. The van der Waals surface area contributed by atoms with E-state index in [1.165, 1.54) is 25.0 Å². The quantitative estimate of drug-likeness (QED) is 0.767. The molecule has 24 heavy (non-hydrogen) atoms. The molecule has 1 aliphatic rings. The van der Waals surface area contributed by atoms with Crippen LogP contribution in [0.3, 0.4) is 0 Å². The molecule has 2 N–H and O–H groups in total. The van der Waals surface area contributed by atoms with Crippen molar-refractivity contribution in [3.63, 3.8) is 0 Å². The van der Waals surface area contributed by atoms with Crippen LogP contribution in [0.5, 0.6) is 0 Å². The average Bonchev–Trinajstić information content (AvgIpc) is 3.21. The molecule has 4 rings (SSSR count). The Morgan fingerprint density at radius 1 is 1.12 bits per heavy atom. The summed E-state index contributed by atoms with van der Waals surface area (Å²) in [6.07, 6.45) is 6.51. The second-order valence-electron chi connectivity index (χ2n) is 6.16. The van der Waals surface area contributed by atoms with Gasteiger partial charge in [-0.15, -0.1) is 0 Å². The highest BCUT2D eigenvalue weighted by Gasteiger charge is 2.18. The van der Waals surface area contributed by atoms with Gasteiger partial charge in [-0.05, 0) is 37.1 Å². The van der Waals surface area contributed by atoms with Crippen molar-refractivity contribution in [3.05, 3.63) is 36.3 Å². The second kappa shape index (κ2) is 6.07. The molecule has 0 atom stereocenters. The van der Waals surface area contributed by atoms with E-state index < -0.39 is 0 Å². The topological polar surface area (TPSA) is 67.7 Å². The SMILES string of the molecule is Cn1ncc2c(Nc3ccc(F)cc3)nc(NC3CCCC3)nc21. The van der Waals surface area contributed by atoms with Gasteiger partial charge >= 0.3 is 0 Å². The van der Waals surface area contributed by atoms with E-state index in [4.69, 9.17) is 0 Å². The molecule has 7 heteroatoms. The summed E-state index contributed by atoms with van der Waals surface area (Å²) in [6, 6.07) is 6.63. The van der Waals surface area contributed by atoms with Crippen LogP contribution in [0.4, 0.5) is 21.8 Å². The smallest absolute Gasteiger partial charge is 0.226 e. The van der Waals surface area contributed by atoms with Gasteiger partial charge in [-0.25, -0.2) is 4.39 Å². The molecule has 1 aromatic carbocycles. The van der Waals surface area contributed by atoms with Crippen molar-refractivity contribution in [2.45, 2.75) is 31.7 Å². The Morgan fingerprint density at radius 3 is 2.62 bits per heavy atom. The molecule has 0 saturated heterocycles. The lowest BCUT2D eigenvalue weighted by Gasteiger charge is -2.14. The molecule has 0 radical (unpaired) electrons. The highest BCUT2D eigenvalue weighted by molar-refractivity contribution is 5.89. The van der Waals surface area contributed by atoms with Gasteiger partial charge < -0.3 is 10.6 Å². The second-order valence-corrected chi connectivity index (χ2v) is 6.16. The third-order valence-corrected chi connectivity index (χ3v) is 4.39. The van der Waals surface area contributed by atoms with Gasteiger partial charge in [0.15, 0.2) is 5.65 Å². The molecule has 2 heterocycles. The summed E-state index contributed by atoms with van der Waals surface area (Å²) in [5.74, 6) is 1.00. The molecule has 0 bridgehead atoms. The Kier molecular flexibility index (Phi) is 3.76. The summed E-state index contributed by atoms with van der Waals surface area (Å²) in [5, 5.41) is 11.8. The Bertz CT molecular complexity index is 851. The van der Waals surface area contributed by atoms with Crippen LogP contribution >= 0.6 is 0 Å². The average molecular weight is 326 g/mol. The van der Waals surface area contributed by atoms with E-state index in [1.54, 1.807) is 23.0 Å². The zero-order valence-electron chi connectivity index (χ0n) is 13.5. The van der Waals surface area contributed by atoms with Crippen molar-refractivity contribution < 1.29 is 4.39 Å². The fourth-order valence-electron chi connectivity index (χ4n) is 3.10. The summed E-state index contributed by atoms with van der Waals surface area (Å²) in [4.78, 5) is 9.21. The zero-order chi connectivity index (χ0) is 16.5. The molecule has 0 unspecified atom stereocenters. The molecule has 0 aliphatic heterocycles. The van der Waals surface area contributed by atoms with Crippen molar-refractivity contribution in [3.8, 4) is 0 Å². The van der Waals surface area contributed by atoms with Crippen LogP contribution in [0.15, 0.2) is 30.5 Å². The Morgan fingerprint density at radius 2 is 1.88 bits per heavy atom. The monoisotopic (exact) mass is 326 g/mol. The lowest BCUT2D eigenvalue weighted by Crippen LogP contribution is -2.17. The number of nitrogens with one attached hydrogen (secondary N) is 2. The van der Waals surface area contributed by atoms with E-state index >= 15 is 0 Å². The molecular weight excluding hydrogens is 307 g/mol. The molecule has 0 spiro atoms.